The van der Waals surface area contributed by atoms with Gasteiger partial charge in [-0.05, 0) is 30.7 Å². The number of carbonyl (C=O) groups excluding carboxylic acids is 1. The number of aromatic nitrogens is 1. The Balaban J connectivity index is 1.97. The molecule has 0 saturated heterocycles. The number of hydrogen-bond donors (Lipinski definition) is 1. The van der Waals surface area contributed by atoms with Crippen LogP contribution in [0.5, 0.6) is 0 Å². The molecule has 1 aromatic heterocycles. The standard InChI is InChI=1S/C17H16N2O/c1-12-6-5-7-13(10-12)18-17(20)15-11-19(2)16-9-4-3-8-14(15)16/h3-11H,1-2H3,(H,18,20). The highest BCUT2D eigenvalue weighted by atomic mass is 16.1. The highest BCUT2D eigenvalue weighted by Gasteiger charge is 2.13. The maximum Gasteiger partial charge on any atom is 0.257 e. The third-order valence-electron chi connectivity index (χ3n) is 3.42. The van der Waals surface area contributed by atoms with Crippen molar-refractivity contribution in [3.8, 4) is 0 Å². The molecule has 3 rings (SSSR count). The van der Waals surface area contributed by atoms with Gasteiger partial charge in [0.1, 0.15) is 0 Å². The lowest BCUT2D eigenvalue weighted by atomic mass is 10.1. The van der Waals surface area contributed by atoms with E-state index >= 15 is 0 Å². The van der Waals surface area contributed by atoms with Crippen LogP contribution in [0.4, 0.5) is 5.69 Å². The van der Waals surface area contributed by atoms with Crippen LogP contribution in [-0.4, -0.2) is 10.5 Å². The van der Waals surface area contributed by atoms with Gasteiger partial charge in [-0.25, -0.2) is 0 Å². The van der Waals surface area contributed by atoms with Crippen molar-refractivity contribution in [3.63, 3.8) is 0 Å². The van der Waals surface area contributed by atoms with Crippen LogP contribution in [0.25, 0.3) is 10.9 Å². The first kappa shape index (κ1) is 12.5. The molecule has 20 heavy (non-hydrogen) atoms. The summed E-state index contributed by atoms with van der Waals surface area (Å²) < 4.78 is 1.97. The number of fused-ring (bicyclic) bond motifs is 1. The van der Waals surface area contributed by atoms with Crippen LogP contribution in [0.1, 0.15) is 15.9 Å². The molecule has 0 saturated carbocycles. The molecule has 1 N–H and O–H groups in total. The van der Waals surface area contributed by atoms with Gasteiger partial charge in [-0.2, -0.15) is 0 Å². The summed E-state index contributed by atoms with van der Waals surface area (Å²) in [5.41, 5.74) is 3.70. The average Bonchev–Trinajstić information content (AvgIpc) is 2.77. The molecule has 3 aromatic rings. The molecule has 0 aliphatic rings. The second-order valence-corrected chi connectivity index (χ2v) is 4.99. The van der Waals surface area contributed by atoms with Gasteiger partial charge in [0.25, 0.3) is 5.91 Å². The first-order valence-corrected chi connectivity index (χ1v) is 6.57. The first-order valence-electron chi connectivity index (χ1n) is 6.57. The van der Waals surface area contributed by atoms with Gasteiger partial charge in [-0.1, -0.05) is 30.3 Å². The number of para-hydroxylation sites is 1. The number of nitrogens with one attached hydrogen (secondary N) is 1. The topological polar surface area (TPSA) is 34.0 Å². The summed E-state index contributed by atoms with van der Waals surface area (Å²) >= 11 is 0. The second kappa shape index (κ2) is 4.85. The lowest BCUT2D eigenvalue weighted by Gasteiger charge is -2.05. The summed E-state index contributed by atoms with van der Waals surface area (Å²) in [6, 6.07) is 15.7. The minimum absolute atomic E-state index is 0.0765. The third kappa shape index (κ3) is 2.18. The molecule has 0 unspecified atom stereocenters. The number of anilines is 1. The van der Waals surface area contributed by atoms with Crippen LogP contribution >= 0.6 is 0 Å². The van der Waals surface area contributed by atoms with E-state index in [0.29, 0.717) is 5.56 Å². The van der Waals surface area contributed by atoms with Gasteiger partial charge in [-0.3, -0.25) is 4.79 Å². The molecule has 1 heterocycles. The fourth-order valence-corrected chi connectivity index (χ4v) is 2.44. The van der Waals surface area contributed by atoms with E-state index in [9.17, 15) is 4.79 Å². The Hall–Kier alpha value is -2.55. The molecule has 100 valence electrons. The Labute approximate surface area is 117 Å². The van der Waals surface area contributed by atoms with Gasteiger partial charge in [0.05, 0.1) is 5.56 Å². The summed E-state index contributed by atoms with van der Waals surface area (Å²) in [5.74, 6) is -0.0765. The van der Waals surface area contributed by atoms with Gasteiger partial charge in [0, 0.05) is 29.8 Å². The van der Waals surface area contributed by atoms with E-state index in [-0.39, 0.29) is 5.91 Å². The van der Waals surface area contributed by atoms with E-state index < -0.39 is 0 Å². The Morgan fingerprint density at radius 3 is 2.70 bits per heavy atom. The molecule has 0 bridgehead atoms. The van der Waals surface area contributed by atoms with Crippen LogP contribution in [0, 0.1) is 6.92 Å². The Morgan fingerprint density at radius 1 is 1.10 bits per heavy atom. The van der Waals surface area contributed by atoms with E-state index in [0.717, 1.165) is 22.2 Å². The lowest BCUT2D eigenvalue weighted by molar-refractivity contribution is 0.102. The van der Waals surface area contributed by atoms with Crippen molar-refractivity contribution in [2.24, 2.45) is 7.05 Å². The monoisotopic (exact) mass is 264 g/mol. The van der Waals surface area contributed by atoms with Crippen molar-refractivity contribution >= 4 is 22.5 Å². The van der Waals surface area contributed by atoms with Gasteiger partial charge < -0.3 is 9.88 Å². The smallest absolute Gasteiger partial charge is 0.257 e. The third-order valence-corrected chi connectivity index (χ3v) is 3.42. The highest BCUT2D eigenvalue weighted by Crippen LogP contribution is 2.21. The molecule has 3 heteroatoms. The minimum atomic E-state index is -0.0765. The van der Waals surface area contributed by atoms with Crippen molar-refractivity contribution in [1.82, 2.24) is 4.57 Å². The Morgan fingerprint density at radius 2 is 1.90 bits per heavy atom. The summed E-state index contributed by atoms with van der Waals surface area (Å²) in [4.78, 5) is 12.4. The number of rotatable bonds is 2. The quantitative estimate of drug-likeness (QED) is 0.751. The van der Waals surface area contributed by atoms with Crippen LogP contribution in [0.15, 0.2) is 54.7 Å². The number of carbonyl (C=O) groups is 1. The van der Waals surface area contributed by atoms with Crippen LogP contribution < -0.4 is 5.32 Å². The van der Waals surface area contributed by atoms with E-state index in [1.165, 1.54) is 0 Å². The van der Waals surface area contributed by atoms with Crippen molar-refractivity contribution < 1.29 is 4.79 Å². The van der Waals surface area contributed by atoms with Crippen molar-refractivity contribution in [1.29, 1.82) is 0 Å². The molecule has 0 atom stereocenters. The predicted octanol–water partition coefficient (Wildman–Crippen LogP) is 3.74. The Kier molecular flexibility index (Phi) is 3.03. The molecule has 2 aromatic carbocycles. The molecular weight excluding hydrogens is 248 g/mol. The largest absolute Gasteiger partial charge is 0.350 e. The van der Waals surface area contributed by atoms with Crippen molar-refractivity contribution in [2.75, 3.05) is 5.32 Å². The minimum Gasteiger partial charge on any atom is -0.350 e. The highest BCUT2D eigenvalue weighted by molar-refractivity contribution is 6.12. The first-order chi connectivity index (χ1) is 9.65. The summed E-state index contributed by atoms with van der Waals surface area (Å²) in [6.07, 6.45) is 1.87. The summed E-state index contributed by atoms with van der Waals surface area (Å²) in [6.45, 7) is 2.01. The van der Waals surface area contributed by atoms with E-state index in [2.05, 4.69) is 5.32 Å². The van der Waals surface area contributed by atoms with Crippen LogP contribution in [0.3, 0.4) is 0 Å². The number of aryl methyl sites for hydroxylation is 2. The van der Waals surface area contributed by atoms with Crippen molar-refractivity contribution in [2.45, 2.75) is 6.92 Å². The SMILES string of the molecule is Cc1cccc(NC(=O)c2cn(C)c3ccccc23)c1. The molecule has 3 nitrogen and oxygen atoms in total. The molecule has 0 aliphatic heterocycles. The van der Waals surface area contributed by atoms with E-state index in [1.807, 2.05) is 73.3 Å². The molecule has 0 spiro atoms. The molecule has 0 radical (unpaired) electrons. The average molecular weight is 264 g/mol. The number of nitrogens with zero attached hydrogens (tertiary/aromatic N) is 1. The lowest BCUT2D eigenvalue weighted by Crippen LogP contribution is -2.11. The second-order valence-electron chi connectivity index (χ2n) is 4.99. The maximum atomic E-state index is 12.4. The summed E-state index contributed by atoms with van der Waals surface area (Å²) in [5, 5.41) is 3.92. The van der Waals surface area contributed by atoms with Gasteiger partial charge in [0.15, 0.2) is 0 Å². The zero-order valence-corrected chi connectivity index (χ0v) is 11.6. The molecule has 0 aliphatic carbocycles. The zero-order valence-electron chi connectivity index (χ0n) is 11.6. The molecule has 1 amide bonds. The summed E-state index contributed by atoms with van der Waals surface area (Å²) in [7, 11) is 1.95. The van der Waals surface area contributed by atoms with Crippen LogP contribution in [0.2, 0.25) is 0 Å². The van der Waals surface area contributed by atoms with E-state index in [1.54, 1.807) is 0 Å². The fourth-order valence-electron chi connectivity index (χ4n) is 2.44. The fraction of sp³-hybridized carbons (Fsp3) is 0.118. The molecule has 0 fully saturated rings. The predicted molar refractivity (Wildman–Crippen MR) is 82.1 cm³/mol. The number of amides is 1. The number of benzene rings is 2. The van der Waals surface area contributed by atoms with Gasteiger partial charge in [-0.15, -0.1) is 0 Å². The van der Waals surface area contributed by atoms with Gasteiger partial charge >= 0.3 is 0 Å². The zero-order chi connectivity index (χ0) is 14.1. The van der Waals surface area contributed by atoms with Crippen LogP contribution in [-0.2, 0) is 7.05 Å². The Bertz CT molecular complexity index is 787. The van der Waals surface area contributed by atoms with Crippen molar-refractivity contribution in [3.05, 3.63) is 65.9 Å². The van der Waals surface area contributed by atoms with Gasteiger partial charge in [0.2, 0.25) is 0 Å². The van der Waals surface area contributed by atoms with E-state index in [4.69, 9.17) is 0 Å². The number of hydrogen-bond acceptors (Lipinski definition) is 1. The normalized spacial score (nSPS) is 10.7. The molecular formula is C17H16N2O. The maximum absolute atomic E-state index is 12.4.